The van der Waals surface area contributed by atoms with E-state index < -0.39 is 0 Å². The molecule has 4 nitrogen and oxygen atoms in total. The lowest BCUT2D eigenvalue weighted by Crippen LogP contribution is -2.32. The predicted molar refractivity (Wildman–Crippen MR) is 61.4 cm³/mol. The standard InChI is InChI=1S/C11H12ClN3O/c12-9-3-4-11(14-10(9)6-13)15-5-1-2-8(15)7-16/h3-4,8,16H,1-2,5,7H2. The van der Waals surface area contributed by atoms with Gasteiger partial charge in [0.15, 0.2) is 5.69 Å². The first-order valence-corrected chi connectivity index (χ1v) is 5.58. The van der Waals surface area contributed by atoms with Crippen molar-refractivity contribution < 1.29 is 5.11 Å². The number of hydrogen-bond donors (Lipinski definition) is 1. The van der Waals surface area contributed by atoms with Gasteiger partial charge in [0.1, 0.15) is 11.9 Å². The molecule has 5 heteroatoms. The van der Waals surface area contributed by atoms with Gasteiger partial charge in [-0.25, -0.2) is 4.98 Å². The van der Waals surface area contributed by atoms with Crippen molar-refractivity contribution in [2.24, 2.45) is 0 Å². The summed E-state index contributed by atoms with van der Waals surface area (Å²) in [6.07, 6.45) is 2.00. The Bertz CT molecular complexity index is 430. The molecule has 0 radical (unpaired) electrons. The summed E-state index contributed by atoms with van der Waals surface area (Å²) in [5.74, 6) is 0.720. The van der Waals surface area contributed by atoms with Crippen molar-refractivity contribution in [2.45, 2.75) is 18.9 Å². The van der Waals surface area contributed by atoms with Crippen LogP contribution in [0.15, 0.2) is 12.1 Å². The van der Waals surface area contributed by atoms with Gasteiger partial charge in [-0.3, -0.25) is 0 Å². The van der Waals surface area contributed by atoms with Crippen LogP contribution in [0.4, 0.5) is 5.82 Å². The lowest BCUT2D eigenvalue weighted by Gasteiger charge is -2.24. The molecule has 0 aliphatic carbocycles. The van der Waals surface area contributed by atoms with Crippen LogP contribution < -0.4 is 4.90 Å². The van der Waals surface area contributed by atoms with E-state index in [-0.39, 0.29) is 18.3 Å². The monoisotopic (exact) mass is 237 g/mol. The van der Waals surface area contributed by atoms with Crippen molar-refractivity contribution in [3.63, 3.8) is 0 Å². The topological polar surface area (TPSA) is 60.2 Å². The molecule has 1 N–H and O–H groups in total. The number of pyridine rings is 1. The number of aliphatic hydroxyl groups is 1. The molecule has 1 aliphatic heterocycles. The Balaban J connectivity index is 2.30. The van der Waals surface area contributed by atoms with Crippen LogP contribution in [0, 0.1) is 11.3 Å². The van der Waals surface area contributed by atoms with Gasteiger partial charge in [-0.2, -0.15) is 5.26 Å². The summed E-state index contributed by atoms with van der Waals surface area (Å²) in [5.41, 5.74) is 0.239. The summed E-state index contributed by atoms with van der Waals surface area (Å²) in [5, 5.41) is 18.4. The van der Waals surface area contributed by atoms with Crippen LogP contribution in [0.5, 0.6) is 0 Å². The molecule has 0 spiro atoms. The lowest BCUT2D eigenvalue weighted by molar-refractivity contribution is 0.266. The van der Waals surface area contributed by atoms with Crippen LogP contribution in [-0.4, -0.2) is 29.3 Å². The van der Waals surface area contributed by atoms with Crippen LogP contribution in [-0.2, 0) is 0 Å². The highest BCUT2D eigenvalue weighted by molar-refractivity contribution is 6.31. The van der Waals surface area contributed by atoms with Gasteiger partial charge >= 0.3 is 0 Å². The van der Waals surface area contributed by atoms with Gasteiger partial charge in [-0.05, 0) is 25.0 Å². The fourth-order valence-electron chi connectivity index (χ4n) is 2.00. The first-order chi connectivity index (χ1) is 7.76. The number of aromatic nitrogens is 1. The number of anilines is 1. The first kappa shape index (κ1) is 11.2. The fourth-order valence-corrected chi connectivity index (χ4v) is 2.14. The largest absolute Gasteiger partial charge is 0.394 e. The molecular weight excluding hydrogens is 226 g/mol. The zero-order chi connectivity index (χ0) is 11.5. The smallest absolute Gasteiger partial charge is 0.161 e. The van der Waals surface area contributed by atoms with Crippen molar-refractivity contribution in [1.29, 1.82) is 5.26 Å². The maximum absolute atomic E-state index is 9.22. The second-order valence-electron chi connectivity index (χ2n) is 3.78. The van der Waals surface area contributed by atoms with Crippen molar-refractivity contribution in [3.05, 3.63) is 22.8 Å². The summed E-state index contributed by atoms with van der Waals surface area (Å²) in [7, 11) is 0. The first-order valence-electron chi connectivity index (χ1n) is 5.20. The van der Waals surface area contributed by atoms with E-state index in [0.29, 0.717) is 5.02 Å². The van der Waals surface area contributed by atoms with Crippen molar-refractivity contribution in [3.8, 4) is 6.07 Å². The average Bonchev–Trinajstić information content (AvgIpc) is 2.78. The Kier molecular flexibility index (Phi) is 3.28. The number of hydrogen-bond acceptors (Lipinski definition) is 4. The van der Waals surface area contributed by atoms with Crippen molar-refractivity contribution >= 4 is 17.4 Å². The van der Waals surface area contributed by atoms with Crippen LogP contribution in [0.1, 0.15) is 18.5 Å². The molecule has 16 heavy (non-hydrogen) atoms. The van der Waals surface area contributed by atoms with Crippen LogP contribution in [0.3, 0.4) is 0 Å². The van der Waals surface area contributed by atoms with Gasteiger partial charge in [0.25, 0.3) is 0 Å². The van der Waals surface area contributed by atoms with Crippen molar-refractivity contribution in [2.75, 3.05) is 18.1 Å². The summed E-state index contributed by atoms with van der Waals surface area (Å²) in [6.45, 7) is 0.983. The summed E-state index contributed by atoms with van der Waals surface area (Å²) >= 11 is 5.82. The Hall–Kier alpha value is -1.31. The molecule has 0 bridgehead atoms. The number of rotatable bonds is 2. The maximum Gasteiger partial charge on any atom is 0.161 e. The van der Waals surface area contributed by atoms with Crippen LogP contribution >= 0.6 is 11.6 Å². The minimum absolute atomic E-state index is 0.111. The number of nitriles is 1. The molecular formula is C11H12ClN3O. The molecule has 84 valence electrons. The van der Waals surface area contributed by atoms with Gasteiger partial charge in [-0.1, -0.05) is 11.6 Å². The number of aliphatic hydroxyl groups excluding tert-OH is 1. The van der Waals surface area contributed by atoms with E-state index in [4.69, 9.17) is 16.9 Å². The Morgan fingerprint density at radius 1 is 1.62 bits per heavy atom. The quantitative estimate of drug-likeness (QED) is 0.848. The highest BCUT2D eigenvalue weighted by Crippen LogP contribution is 2.25. The third kappa shape index (κ3) is 1.97. The molecule has 1 aromatic heterocycles. The third-order valence-electron chi connectivity index (χ3n) is 2.82. The zero-order valence-electron chi connectivity index (χ0n) is 8.73. The highest BCUT2D eigenvalue weighted by atomic mass is 35.5. The molecule has 1 unspecified atom stereocenters. The fraction of sp³-hybridized carbons (Fsp3) is 0.455. The lowest BCUT2D eigenvalue weighted by atomic mass is 10.2. The molecule has 1 saturated heterocycles. The van der Waals surface area contributed by atoms with Crippen molar-refractivity contribution in [1.82, 2.24) is 4.98 Å². The SMILES string of the molecule is N#Cc1nc(N2CCCC2CO)ccc1Cl. The van der Waals surface area contributed by atoms with Gasteiger partial charge in [0.2, 0.25) is 0 Å². The van der Waals surface area contributed by atoms with E-state index in [1.54, 1.807) is 12.1 Å². The second kappa shape index (κ2) is 4.69. The van der Waals surface area contributed by atoms with E-state index in [2.05, 4.69) is 4.98 Å². The minimum Gasteiger partial charge on any atom is -0.394 e. The molecule has 1 aromatic rings. The van der Waals surface area contributed by atoms with Crippen LogP contribution in [0.2, 0.25) is 5.02 Å². The maximum atomic E-state index is 9.22. The molecule has 2 rings (SSSR count). The summed E-state index contributed by atoms with van der Waals surface area (Å²) in [6, 6.07) is 5.54. The normalized spacial score (nSPS) is 19.8. The van der Waals surface area contributed by atoms with E-state index in [9.17, 15) is 5.11 Å². The van der Waals surface area contributed by atoms with E-state index >= 15 is 0 Å². The Labute approximate surface area is 99.1 Å². The summed E-state index contributed by atoms with van der Waals surface area (Å²) in [4.78, 5) is 6.22. The highest BCUT2D eigenvalue weighted by Gasteiger charge is 2.25. The molecule has 0 saturated carbocycles. The van der Waals surface area contributed by atoms with E-state index in [1.807, 2.05) is 11.0 Å². The molecule has 0 aromatic carbocycles. The molecule has 1 atom stereocenters. The van der Waals surface area contributed by atoms with Gasteiger partial charge in [0, 0.05) is 6.54 Å². The average molecular weight is 238 g/mol. The second-order valence-corrected chi connectivity index (χ2v) is 4.19. The Morgan fingerprint density at radius 3 is 3.12 bits per heavy atom. The minimum atomic E-state index is 0.111. The molecule has 2 heterocycles. The van der Waals surface area contributed by atoms with Gasteiger partial charge in [-0.15, -0.1) is 0 Å². The molecule has 1 fully saturated rings. The Morgan fingerprint density at radius 2 is 2.44 bits per heavy atom. The molecule has 1 aliphatic rings. The van der Waals surface area contributed by atoms with Gasteiger partial charge in [0.05, 0.1) is 17.7 Å². The van der Waals surface area contributed by atoms with Gasteiger partial charge < -0.3 is 10.0 Å². The third-order valence-corrected chi connectivity index (χ3v) is 3.12. The van der Waals surface area contributed by atoms with Crippen LogP contribution in [0.25, 0.3) is 0 Å². The molecule has 0 amide bonds. The number of halogens is 1. The number of nitrogens with zero attached hydrogens (tertiary/aromatic N) is 3. The zero-order valence-corrected chi connectivity index (χ0v) is 9.48. The predicted octanol–water partition coefficient (Wildman–Crippen LogP) is 1.57. The van der Waals surface area contributed by atoms with E-state index in [1.165, 1.54) is 0 Å². The summed E-state index contributed by atoms with van der Waals surface area (Å²) < 4.78 is 0. The van der Waals surface area contributed by atoms with E-state index in [0.717, 1.165) is 25.2 Å².